The van der Waals surface area contributed by atoms with Gasteiger partial charge in [0.1, 0.15) is 5.82 Å². The van der Waals surface area contributed by atoms with Crippen LogP contribution in [0.5, 0.6) is 0 Å². The van der Waals surface area contributed by atoms with Gasteiger partial charge in [0.05, 0.1) is 6.10 Å². The van der Waals surface area contributed by atoms with Crippen LogP contribution in [0.25, 0.3) is 0 Å². The van der Waals surface area contributed by atoms with E-state index >= 15 is 0 Å². The lowest BCUT2D eigenvalue weighted by atomic mass is 10.1. The molecule has 0 aromatic heterocycles. The molecule has 0 amide bonds. The number of benzene rings is 1. The van der Waals surface area contributed by atoms with Crippen molar-refractivity contribution in [2.45, 2.75) is 39.0 Å². The standard InChI is InChI=1S/C16H25FN2O/c1-3-7-18-10-13-4-5-16(17)14(9-13)11-19-8-6-15(12-19)20-2/h4-5,9,15,18H,3,6-8,10-12H2,1-2H3. The van der Waals surface area contributed by atoms with E-state index in [2.05, 4.69) is 17.1 Å². The Bertz CT molecular complexity index is 425. The number of ether oxygens (including phenoxy) is 1. The molecule has 1 aliphatic rings. The highest BCUT2D eigenvalue weighted by Crippen LogP contribution is 2.18. The molecule has 1 unspecified atom stereocenters. The van der Waals surface area contributed by atoms with Gasteiger partial charge >= 0.3 is 0 Å². The number of halogens is 1. The zero-order chi connectivity index (χ0) is 14.4. The van der Waals surface area contributed by atoms with Gasteiger partial charge in [0, 0.05) is 38.9 Å². The monoisotopic (exact) mass is 280 g/mol. The maximum atomic E-state index is 13.9. The topological polar surface area (TPSA) is 24.5 Å². The average Bonchev–Trinajstić information content (AvgIpc) is 2.90. The van der Waals surface area contributed by atoms with Gasteiger partial charge < -0.3 is 10.1 Å². The van der Waals surface area contributed by atoms with Gasteiger partial charge in [-0.2, -0.15) is 0 Å². The van der Waals surface area contributed by atoms with E-state index in [1.54, 1.807) is 13.2 Å². The summed E-state index contributed by atoms with van der Waals surface area (Å²) in [5.41, 5.74) is 1.94. The molecule has 1 aliphatic heterocycles. The van der Waals surface area contributed by atoms with Crippen molar-refractivity contribution in [2.24, 2.45) is 0 Å². The number of methoxy groups -OCH3 is 1. The highest BCUT2D eigenvalue weighted by molar-refractivity contribution is 5.25. The lowest BCUT2D eigenvalue weighted by molar-refractivity contribution is 0.107. The van der Waals surface area contributed by atoms with Crippen LogP contribution in [0, 0.1) is 5.82 Å². The summed E-state index contributed by atoms with van der Waals surface area (Å²) in [6, 6.07) is 5.43. The van der Waals surface area contributed by atoms with Crippen LogP contribution in [-0.2, 0) is 17.8 Å². The molecule has 1 aromatic rings. The van der Waals surface area contributed by atoms with Crippen LogP contribution >= 0.6 is 0 Å². The van der Waals surface area contributed by atoms with E-state index in [0.717, 1.165) is 50.1 Å². The van der Waals surface area contributed by atoms with Crippen molar-refractivity contribution in [2.75, 3.05) is 26.7 Å². The normalized spacial score (nSPS) is 19.6. The third kappa shape index (κ3) is 4.27. The van der Waals surface area contributed by atoms with Crippen molar-refractivity contribution in [3.05, 3.63) is 35.1 Å². The highest BCUT2D eigenvalue weighted by atomic mass is 19.1. The minimum Gasteiger partial charge on any atom is -0.380 e. The van der Waals surface area contributed by atoms with Crippen molar-refractivity contribution in [3.63, 3.8) is 0 Å². The van der Waals surface area contributed by atoms with Gasteiger partial charge in [0.25, 0.3) is 0 Å². The fourth-order valence-electron chi connectivity index (χ4n) is 2.64. The summed E-state index contributed by atoms with van der Waals surface area (Å²) in [7, 11) is 1.74. The smallest absolute Gasteiger partial charge is 0.127 e. The summed E-state index contributed by atoms with van der Waals surface area (Å²) in [4.78, 5) is 2.26. The summed E-state index contributed by atoms with van der Waals surface area (Å²) in [6.07, 6.45) is 2.45. The van der Waals surface area contributed by atoms with Crippen LogP contribution in [0.3, 0.4) is 0 Å². The molecule has 4 heteroatoms. The Balaban J connectivity index is 1.94. The molecule has 1 saturated heterocycles. The summed E-state index contributed by atoms with van der Waals surface area (Å²) in [6.45, 7) is 6.50. The first kappa shape index (κ1) is 15.4. The van der Waals surface area contributed by atoms with Crippen LogP contribution in [0.1, 0.15) is 30.9 Å². The molecule has 1 N–H and O–H groups in total. The molecular formula is C16H25FN2O. The zero-order valence-electron chi connectivity index (χ0n) is 12.5. The van der Waals surface area contributed by atoms with E-state index in [1.165, 1.54) is 0 Å². The van der Waals surface area contributed by atoms with Crippen LogP contribution < -0.4 is 5.32 Å². The van der Waals surface area contributed by atoms with E-state index in [9.17, 15) is 4.39 Å². The van der Waals surface area contributed by atoms with Gasteiger partial charge in [-0.3, -0.25) is 4.90 Å². The van der Waals surface area contributed by atoms with Gasteiger partial charge in [-0.15, -0.1) is 0 Å². The summed E-state index contributed by atoms with van der Waals surface area (Å²) in [5.74, 6) is -0.106. The van der Waals surface area contributed by atoms with Gasteiger partial charge in [0.2, 0.25) is 0 Å². The van der Waals surface area contributed by atoms with Gasteiger partial charge in [-0.1, -0.05) is 19.1 Å². The average molecular weight is 280 g/mol. The number of likely N-dealkylation sites (tertiary alicyclic amines) is 1. The molecule has 0 saturated carbocycles. The van der Waals surface area contributed by atoms with Crippen molar-refractivity contribution in [3.8, 4) is 0 Å². The Hall–Kier alpha value is -0.970. The lowest BCUT2D eigenvalue weighted by Gasteiger charge is -2.17. The van der Waals surface area contributed by atoms with Crippen LogP contribution in [0.2, 0.25) is 0 Å². The Morgan fingerprint density at radius 3 is 3.00 bits per heavy atom. The fraction of sp³-hybridized carbons (Fsp3) is 0.625. The second kappa shape index (κ2) is 7.72. The van der Waals surface area contributed by atoms with Crippen LogP contribution in [0.15, 0.2) is 18.2 Å². The lowest BCUT2D eigenvalue weighted by Crippen LogP contribution is -2.23. The first-order valence-corrected chi connectivity index (χ1v) is 7.46. The number of hydrogen-bond acceptors (Lipinski definition) is 3. The number of nitrogens with one attached hydrogen (secondary N) is 1. The molecule has 0 radical (unpaired) electrons. The summed E-state index contributed by atoms with van der Waals surface area (Å²) < 4.78 is 19.3. The Morgan fingerprint density at radius 2 is 2.30 bits per heavy atom. The largest absolute Gasteiger partial charge is 0.380 e. The molecule has 1 heterocycles. The van der Waals surface area contributed by atoms with Gasteiger partial charge in [0.15, 0.2) is 0 Å². The van der Waals surface area contributed by atoms with Crippen molar-refractivity contribution < 1.29 is 9.13 Å². The molecule has 0 spiro atoms. The molecule has 0 bridgehead atoms. The second-order valence-electron chi connectivity index (χ2n) is 5.48. The quantitative estimate of drug-likeness (QED) is 0.777. The van der Waals surface area contributed by atoms with Gasteiger partial charge in [-0.05, 0) is 31.0 Å². The molecular weight excluding hydrogens is 255 g/mol. The van der Waals surface area contributed by atoms with Crippen molar-refractivity contribution in [1.29, 1.82) is 0 Å². The summed E-state index contributed by atoms with van der Waals surface area (Å²) >= 11 is 0. The Labute approximate surface area is 121 Å². The first-order chi connectivity index (χ1) is 9.72. The number of hydrogen-bond donors (Lipinski definition) is 1. The maximum absolute atomic E-state index is 13.9. The van der Waals surface area contributed by atoms with E-state index in [0.29, 0.717) is 12.6 Å². The third-order valence-electron chi connectivity index (χ3n) is 3.82. The number of nitrogens with zero attached hydrogens (tertiary/aromatic N) is 1. The highest BCUT2D eigenvalue weighted by Gasteiger charge is 2.22. The van der Waals surface area contributed by atoms with Crippen LogP contribution in [-0.4, -0.2) is 37.7 Å². The van der Waals surface area contributed by atoms with E-state index in [4.69, 9.17) is 4.74 Å². The first-order valence-electron chi connectivity index (χ1n) is 7.46. The minimum atomic E-state index is -0.106. The van der Waals surface area contributed by atoms with Crippen molar-refractivity contribution in [1.82, 2.24) is 10.2 Å². The summed E-state index contributed by atoms with van der Waals surface area (Å²) in [5, 5.41) is 3.35. The Morgan fingerprint density at radius 1 is 1.45 bits per heavy atom. The predicted octanol–water partition coefficient (Wildman–Crippen LogP) is 2.55. The Kier molecular flexibility index (Phi) is 5.95. The molecule has 1 fully saturated rings. The molecule has 3 nitrogen and oxygen atoms in total. The molecule has 1 aromatic carbocycles. The zero-order valence-corrected chi connectivity index (χ0v) is 12.5. The van der Waals surface area contributed by atoms with Crippen LogP contribution in [0.4, 0.5) is 4.39 Å². The molecule has 20 heavy (non-hydrogen) atoms. The third-order valence-corrected chi connectivity index (χ3v) is 3.82. The van der Waals surface area contributed by atoms with Gasteiger partial charge in [-0.25, -0.2) is 4.39 Å². The molecule has 1 atom stereocenters. The van der Waals surface area contributed by atoms with Crippen molar-refractivity contribution >= 4 is 0 Å². The van der Waals surface area contributed by atoms with E-state index in [-0.39, 0.29) is 5.82 Å². The molecule has 0 aliphatic carbocycles. The molecule has 112 valence electrons. The molecule has 2 rings (SSSR count). The minimum absolute atomic E-state index is 0.106. The number of rotatable bonds is 7. The fourth-order valence-corrected chi connectivity index (χ4v) is 2.64. The van der Waals surface area contributed by atoms with E-state index in [1.807, 2.05) is 12.1 Å². The SMILES string of the molecule is CCCNCc1ccc(F)c(CN2CCC(OC)C2)c1. The predicted molar refractivity (Wildman–Crippen MR) is 79.1 cm³/mol. The maximum Gasteiger partial charge on any atom is 0.127 e. The second-order valence-corrected chi connectivity index (χ2v) is 5.48. The van der Waals surface area contributed by atoms with E-state index < -0.39 is 0 Å².